The quantitative estimate of drug-likeness (QED) is 0.273. The molecule has 0 unspecified atom stereocenters. The van der Waals surface area contributed by atoms with Crippen molar-refractivity contribution >= 4 is 5.91 Å². The van der Waals surface area contributed by atoms with Gasteiger partial charge in [0.1, 0.15) is 11.6 Å². The number of rotatable bonds is 8. The van der Waals surface area contributed by atoms with Crippen molar-refractivity contribution in [3.63, 3.8) is 0 Å². The first-order valence-electron chi connectivity index (χ1n) is 12.0. The van der Waals surface area contributed by atoms with Crippen LogP contribution in [0.5, 0.6) is 5.75 Å². The third kappa shape index (κ3) is 7.26. The van der Waals surface area contributed by atoms with Crippen LogP contribution >= 0.6 is 0 Å². The van der Waals surface area contributed by atoms with Gasteiger partial charge < -0.3 is 9.64 Å². The van der Waals surface area contributed by atoms with Crippen molar-refractivity contribution < 1.29 is 40.3 Å². The van der Waals surface area contributed by atoms with Gasteiger partial charge in [-0.05, 0) is 72.2 Å². The Bertz CT molecular complexity index is 1250. The predicted octanol–water partition coefficient (Wildman–Crippen LogP) is 7.90. The van der Waals surface area contributed by atoms with Gasteiger partial charge in [0.05, 0.1) is 5.56 Å². The summed E-state index contributed by atoms with van der Waals surface area (Å²) in [6.07, 6.45) is -6.08. The standard InChI is InChI=1S/C28H24F7NO2/c29-24-15-22(14-23(16-24)27(30,31)32)26(37)36(17-19-4-8-21(9-5-19)20-2-1-3-20)13-12-18-6-10-25(11-7-18)38-28(33,34)35/h4-11,14-16,20H,1-3,12-13,17H2. The van der Waals surface area contributed by atoms with E-state index in [-0.39, 0.29) is 19.5 Å². The largest absolute Gasteiger partial charge is 0.573 e. The van der Waals surface area contributed by atoms with E-state index in [1.165, 1.54) is 29.0 Å². The lowest BCUT2D eigenvalue weighted by Gasteiger charge is -2.27. The first-order chi connectivity index (χ1) is 17.9. The van der Waals surface area contributed by atoms with E-state index >= 15 is 0 Å². The first-order valence-corrected chi connectivity index (χ1v) is 12.0. The minimum atomic E-state index is -4.83. The fourth-order valence-electron chi connectivity index (χ4n) is 4.29. The zero-order valence-corrected chi connectivity index (χ0v) is 20.1. The second-order valence-electron chi connectivity index (χ2n) is 9.26. The summed E-state index contributed by atoms with van der Waals surface area (Å²) in [5.41, 5.74) is 0.776. The summed E-state index contributed by atoms with van der Waals surface area (Å²) in [6, 6.07) is 14.4. The summed E-state index contributed by atoms with van der Waals surface area (Å²) in [7, 11) is 0. The molecule has 0 spiro atoms. The molecular formula is C28H24F7NO2. The molecule has 0 saturated heterocycles. The van der Waals surface area contributed by atoms with Crippen molar-refractivity contribution in [2.75, 3.05) is 6.54 Å². The van der Waals surface area contributed by atoms with Crippen LogP contribution in [0, 0.1) is 5.82 Å². The Morgan fingerprint density at radius 2 is 1.50 bits per heavy atom. The maximum absolute atomic E-state index is 14.0. The second kappa shape index (κ2) is 11.0. The monoisotopic (exact) mass is 539 g/mol. The molecule has 1 amide bonds. The van der Waals surface area contributed by atoms with Gasteiger partial charge in [0.15, 0.2) is 0 Å². The Kier molecular flexibility index (Phi) is 7.99. The summed E-state index contributed by atoms with van der Waals surface area (Å²) >= 11 is 0. The van der Waals surface area contributed by atoms with Crippen molar-refractivity contribution in [1.82, 2.24) is 4.90 Å². The summed E-state index contributed by atoms with van der Waals surface area (Å²) < 4.78 is 94.8. The van der Waals surface area contributed by atoms with E-state index in [1.807, 2.05) is 24.3 Å². The zero-order chi connectivity index (χ0) is 27.5. The predicted molar refractivity (Wildman–Crippen MR) is 126 cm³/mol. The Balaban J connectivity index is 1.54. The summed E-state index contributed by atoms with van der Waals surface area (Å²) in [5, 5.41) is 0. The molecule has 3 nitrogen and oxygen atoms in total. The Hall–Kier alpha value is -3.56. The van der Waals surface area contributed by atoms with Crippen LogP contribution in [0.15, 0.2) is 66.7 Å². The van der Waals surface area contributed by atoms with Crippen LogP contribution in [-0.4, -0.2) is 23.7 Å². The Morgan fingerprint density at radius 1 is 0.868 bits per heavy atom. The van der Waals surface area contributed by atoms with Crippen LogP contribution in [0.4, 0.5) is 30.7 Å². The maximum atomic E-state index is 14.0. The van der Waals surface area contributed by atoms with E-state index in [4.69, 9.17) is 0 Å². The van der Waals surface area contributed by atoms with Crippen LogP contribution in [-0.2, 0) is 19.1 Å². The number of nitrogens with zero attached hydrogens (tertiary/aromatic N) is 1. The molecule has 202 valence electrons. The van der Waals surface area contributed by atoms with Crippen LogP contribution in [0.25, 0.3) is 0 Å². The van der Waals surface area contributed by atoms with E-state index in [1.54, 1.807) is 0 Å². The van der Waals surface area contributed by atoms with Crippen LogP contribution in [0.1, 0.15) is 57.8 Å². The molecule has 1 aliphatic carbocycles. The molecule has 0 radical (unpaired) electrons. The highest BCUT2D eigenvalue weighted by atomic mass is 19.4. The highest BCUT2D eigenvalue weighted by Crippen LogP contribution is 2.36. The third-order valence-corrected chi connectivity index (χ3v) is 6.52. The van der Waals surface area contributed by atoms with Gasteiger partial charge in [-0.25, -0.2) is 4.39 Å². The van der Waals surface area contributed by atoms with Gasteiger partial charge in [0.2, 0.25) is 0 Å². The van der Waals surface area contributed by atoms with E-state index in [0.717, 1.165) is 36.6 Å². The molecular weight excluding hydrogens is 515 g/mol. The fourth-order valence-corrected chi connectivity index (χ4v) is 4.29. The van der Waals surface area contributed by atoms with E-state index in [9.17, 15) is 35.5 Å². The van der Waals surface area contributed by atoms with Crippen molar-refractivity contribution in [1.29, 1.82) is 0 Å². The fraction of sp³-hybridized carbons (Fsp3) is 0.321. The number of hydrogen-bond acceptors (Lipinski definition) is 2. The molecule has 0 aliphatic heterocycles. The summed E-state index contributed by atoms with van der Waals surface area (Å²) in [5.74, 6) is -1.89. The number of ether oxygens (including phenoxy) is 1. The number of hydrogen-bond donors (Lipinski definition) is 0. The first kappa shape index (κ1) is 27.5. The molecule has 3 aromatic carbocycles. The molecule has 0 heterocycles. The van der Waals surface area contributed by atoms with E-state index in [0.29, 0.717) is 23.6 Å². The molecule has 38 heavy (non-hydrogen) atoms. The highest BCUT2D eigenvalue weighted by molar-refractivity contribution is 5.94. The topological polar surface area (TPSA) is 29.5 Å². The molecule has 0 aromatic heterocycles. The van der Waals surface area contributed by atoms with Crippen LogP contribution in [0.3, 0.4) is 0 Å². The minimum absolute atomic E-state index is 0.0283. The molecule has 1 fully saturated rings. The van der Waals surface area contributed by atoms with Crippen molar-refractivity contribution in [2.45, 2.75) is 50.7 Å². The van der Waals surface area contributed by atoms with Gasteiger partial charge in [-0.2, -0.15) is 13.2 Å². The molecule has 0 atom stereocenters. The molecule has 4 rings (SSSR count). The van der Waals surface area contributed by atoms with Gasteiger partial charge in [-0.1, -0.05) is 42.8 Å². The molecule has 1 saturated carbocycles. The normalized spacial score (nSPS) is 14.2. The van der Waals surface area contributed by atoms with Crippen molar-refractivity contribution in [2.24, 2.45) is 0 Å². The Labute approximate surface area is 214 Å². The number of carbonyl (C=O) groups excluding carboxylic acids is 1. The van der Waals surface area contributed by atoms with E-state index < -0.39 is 41.1 Å². The highest BCUT2D eigenvalue weighted by Gasteiger charge is 2.33. The second-order valence-corrected chi connectivity index (χ2v) is 9.26. The smallest absolute Gasteiger partial charge is 0.406 e. The van der Waals surface area contributed by atoms with Gasteiger partial charge in [0, 0.05) is 18.7 Å². The SMILES string of the molecule is O=C(c1cc(F)cc(C(F)(F)F)c1)N(CCc1ccc(OC(F)(F)F)cc1)Cc1ccc(C2CCC2)cc1. The molecule has 0 bridgehead atoms. The third-order valence-electron chi connectivity index (χ3n) is 6.52. The molecule has 0 N–H and O–H groups in total. The lowest BCUT2D eigenvalue weighted by molar-refractivity contribution is -0.274. The minimum Gasteiger partial charge on any atom is -0.406 e. The number of amides is 1. The van der Waals surface area contributed by atoms with Gasteiger partial charge in [0.25, 0.3) is 5.91 Å². The van der Waals surface area contributed by atoms with E-state index in [2.05, 4.69) is 4.74 Å². The molecule has 3 aromatic rings. The molecule has 1 aliphatic rings. The molecule has 10 heteroatoms. The van der Waals surface area contributed by atoms with Gasteiger partial charge in [-0.3, -0.25) is 4.79 Å². The van der Waals surface area contributed by atoms with Crippen molar-refractivity contribution in [3.8, 4) is 5.75 Å². The zero-order valence-electron chi connectivity index (χ0n) is 20.1. The maximum Gasteiger partial charge on any atom is 0.573 e. The lowest BCUT2D eigenvalue weighted by atomic mass is 9.80. The average molecular weight is 539 g/mol. The van der Waals surface area contributed by atoms with Crippen LogP contribution < -0.4 is 4.74 Å². The van der Waals surface area contributed by atoms with Crippen LogP contribution in [0.2, 0.25) is 0 Å². The number of benzene rings is 3. The number of alkyl halides is 6. The van der Waals surface area contributed by atoms with Gasteiger partial charge in [-0.15, -0.1) is 13.2 Å². The average Bonchev–Trinajstić information content (AvgIpc) is 2.80. The lowest BCUT2D eigenvalue weighted by Crippen LogP contribution is -2.33. The summed E-state index contributed by atoms with van der Waals surface area (Å²) in [6.45, 7) is 0.0808. The Morgan fingerprint density at radius 3 is 2.05 bits per heavy atom. The summed E-state index contributed by atoms with van der Waals surface area (Å²) in [4.78, 5) is 14.6. The van der Waals surface area contributed by atoms with Crippen molar-refractivity contribution in [3.05, 3.63) is 100 Å². The van der Waals surface area contributed by atoms with Gasteiger partial charge >= 0.3 is 12.5 Å². The number of carbonyl (C=O) groups is 1. The number of halogens is 7.